The summed E-state index contributed by atoms with van der Waals surface area (Å²) in [6.07, 6.45) is 3.42. The van der Waals surface area contributed by atoms with Gasteiger partial charge in [0.15, 0.2) is 0 Å². The third-order valence-corrected chi connectivity index (χ3v) is 5.72. The van der Waals surface area contributed by atoms with E-state index in [0.717, 1.165) is 13.1 Å². The summed E-state index contributed by atoms with van der Waals surface area (Å²) in [7, 11) is -5.76. The second kappa shape index (κ2) is 7.38. The molecule has 2 aliphatic heterocycles. The second-order valence-electron chi connectivity index (χ2n) is 6.69. The Labute approximate surface area is 165 Å². The normalized spacial score (nSPS) is 24.4. The Hall–Kier alpha value is -2.53. The van der Waals surface area contributed by atoms with Crippen LogP contribution >= 0.6 is 0 Å². The van der Waals surface area contributed by atoms with Gasteiger partial charge in [0.25, 0.3) is 0 Å². The highest BCUT2D eigenvalue weighted by Crippen LogP contribution is 2.37. The van der Waals surface area contributed by atoms with E-state index in [1.807, 2.05) is 11.0 Å². The second-order valence-corrected chi connectivity index (χ2v) is 8.23. The molecule has 1 N–H and O–H groups in total. The number of hydrogen-bond donors (Lipinski definition) is 1. The van der Waals surface area contributed by atoms with Gasteiger partial charge in [0.1, 0.15) is 29.1 Å². The maximum atomic E-state index is 12.7. The molecule has 0 radical (unpaired) electrons. The van der Waals surface area contributed by atoms with Crippen LogP contribution in [-0.2, 0) is 14.3 Å². The summed E-state index contributed by atoms with van der Waals surface area (Å²) in [5, 5.41) is 3.23. The van der Waals surface area contributed by atoms with Crippen LogP contribution in [0, 0.1) is 5.92 Å². The summed E-state index contributed by atoms with van der Waals surface area (Å²) in [5.74, 6) is 0.110. The van der Waals surface area contributed by atoms with Crippen molar-refractivity contribution in [1.29, 1.82) is 0 Å². The molecule has 11 heteroatoms. The first kappa shape index (κ1) is 19.8. The largest absolute Gasteiger partial charge is 0.534 e. The molecule has 0 amide bonds. The van der Waals surface area contributed by atoms with Crippen LogP contribution in [0.2, 0.25) is 0 Å². The molecule has 2 atom stereocenters. The number of ether oxygens (including phenoxy) is 1. The predicted octanol–water partition coefficient (Wildman–Crippen LogP) is 2.32. The number of piperazine rings is 1. The number of aliphatic imine (C=N–C) groups is 1. The number of hydrogen-bond acceptors (Lipinski definition) is 7. The molecule has 0 aromatic heterocycles. The highest BCUT2D eigenvalue weighted by molar-refractivity contribution is 7.87. The third-order valence-electron chi connectivity index (χ3n) is 4.74. The maximum absolute atomic E-state index is 12.7. The SMILES string of the molecule is O=S(=O)(OC1=CC2C(N3CCNCC3)=Nc3ccccc3OC2C=C1)C(F)(F)F. The Morgan fingerprint density at radius 3 is 2.66 bits per heavy atom. The summed E-state index contributed by atoms with van der Waals surface area (Å²) >= 11 is 0. The Morgan fingerprint density at radius 2 is 1.93 bits per heavy atom. The van der Waals surface area contributed by atoms with Crippen LogP contribution in [0.1, 0.15) is 0 Å². The molecule has 1 saturated heterocycles. The Morgan fingerprint density at radius 1 is 1.21 bits per heavy atom. The lowest BCUT2D eigenvalue weighted by Gasteiger charge is -2.35. The van der Waals surface area contributed by atoms with E-state index in [1.54, 1.807) is 18.2 Å². The van der Waals surface area contributed by atoms with E-state index >= 15 is 0 Å². The van der Waals surface area contributed by atoms with E-state index in [-0.39, 0.29) is 0 Å². The predicted molar refractivity (Wildman–Crippen MR) is 99.2 cm³/mol. The Balaban J connectivity index is 1.72. The molecule has 1 aromatic carbocycles. The highest BCUT2D eigenvalue weighted by atomic mass is 32.2. The van der Waals surface area contributed by atoms with Gasteiger partial charge in [0.2, 0.25) is 0 Å². The van der Waals surface area contributed by atoms with Crippen LogP contribution in [0.15, 0.2) is 53.2 Å². The Kier molecular flexibility index (Phi) is 5.03. The van der Waals surface area contributed by atoms with Crippen molar-refractivity contribution in [3.05, 3.63) is 48.3 Å². The number of fused-ring (bicyclic) bond motifs is 2. The zero-order chi connectivity index (χ0) is 20.6. The number of alkyl halides is 3. The van der Waals surface area contributed by atoms with Gasteiger partial charge >= 0.3 is 15.6 Å². The topological polar surface area (TPSA) is 80.2 Å². The quantitative estimate of drug-likeness (QED) is 0.574. The molecule has 156 valence electrons. The fourth-order valence-corrected chi connectivity index (χ4v) is 3.83. The van der Waals surface area contributed by atoms with Crippen LogP contribution in [0.25, 0.3) is 0 Å². The average Bonchev–Trinajstić information content (AvgIpc) is 2.84. The summed E-state index contributed by atoms with van der Waals surface area (Å²) in [6.45, 7) is 2.76. The molecule has 0 bridgehead atoms. The van der Waals surface area contributed by atoms with Crippen LogP contribution in [0.4, 0.5) is 18.9 Å². The van der Waals surface area contributed by atoms with Crippen LogP contribution in [0.5, 0.6) is 5.75 Å². The van der Waals surface area contributed by atoms with Gasteiger partial charge in [0.05, 0.1) is 5.92 Å². The lowest BCUT2D eigenvalue weighted by Crippen LogP contribution is -2.50. The molecule has 3 aliphatic rings. The first-order valence-electron chi connectivity index (χ1n) is 8.95. The van der Waals surface area contributed by atoms with E-state index in [0.29, 0.717) is 30.4 Å². The van der Waals surface area contributed by atoms with Gasteiger partial charge in [-0.1, -0.05) is 12.1 Å². The van der Waals surface area contributed by atoms with Gasteiger partial charge in [-0.2, -0.15) is 21.6 Å². The van der Waals surface area contributed by atoms with E-state index in [9.17, 15) is 21.6 Å². The molecule has 1 fully saturated rings. The van der Waals surface area contributed by atoms with E-state index < -0.39 is 33.4 Å². The number of amidine groups is 1. The third kappa shape index (κ3) is 3.97. The van der Waals surface area contributed by atoms with E-state index in [2.05, 4.69) is 9.50 Å². The molecule has 0 spiro atoms. The van der Waals surface area contributed by atoms with Crippen molar-refractivity contribution in [2.75, 3.05) is 26.2 Å². The molecule has 4 rings (SSSR count). The fraction of sp³-hybridized carbons (Fsp3) is 0.389. The lowest BCUT2D eigenvalue weighted by molar-refractivity contribution is -0.0520. The number of para-hydroxylation sites is 2. The van der Waals surface area contributed by atoms with Crippen LogP contribution < -0.4 is 10.1 Å². The van der Waals surface area contributed by atoms with Crippen molar-refractivity contribution >= 4 is 21.6 Å². The van der Waals surface area contributed by atoms with E-state index in [4.69, 9.17) is 9.73 Å². The minimum absolute atomic E-state index is 0.416. The van der Waals surface area contributed by atoms with Crippen LogP contribution in [-0.4, -0.2) is 56.9 Å². The van der Waals surface area contributed by atoms with Gasteiger partial charge in [0, 0.05) is 26.2 Å². The first-order chi connectivity index (χ1) is 13.7. The van der Waals surface area contributed by atoms with Gasteiger partial charge < -0.3 is 19.1 Å². The van der Waals surface area contributed by atoms with Gasteiger partial charge in [-0.15, -0.1) is 0 Å². The Bertz CT molecular complexity index is 982. The van der Waals surface area contributed by atoms with Crippen molar-refractivity contribution < 1.29 is 30.5 Å². The van der Waals surface area contributed by atoms with Crippen LogP contribution in [0.3, 0.4) is 0 Å². The first-order valence-corrected chi connectivity index (χ1v) is 10.4. The summed E-state index contributed by atoms with van der Waals surface area (Å²) in [4.78, 5) is 6.73. The van der Waals surface area contributed by atoms with Crippen molar-refractivity contribution in [2.45, 2.75) is 11.6 Å². The van der Waals surface area contributed by atoms with Gasteiger partial charge in [-0.25, -0.2) is 4.99 Å². The van der Waals surface area contributed by atoms with Crippen molar-refractivity contribution in [2.24, 2.45) is 10.9 Å². The van der Waals surface area contributed by atoms with E-state index in [1.165, 1.54) is 18.2 Å². The summed E-state index contributed by atoms with van der Waals surface area (Å²) in [6, 6.07) is 7.15. The number of rotatable bonds is 2. The zero-order valence-corrected chi connectivity index (χ0v) is 15.9. The van der Waals surface area contributed by atoms with Crippen molar-refractivity contribution in [1.82, 2.24) is 10.2 Å². The number of allylic oxidation sites excluding steroid dienone is 1. The zero-order valence-electron chi connectivity index (χ0n) is 15.1. The van der Waals surface area contributed by atoms with Crippen molar-refractivity contribution in [3.63, 3.8) is 0 Å². The molecule has 0 saturated carbocycles. The minimum atomic E-state index is -5.76. The molecule has 7 nitrogen and oxygen atoms in total. The maximum Gasteiger partial charge on any atom is 0.534 e. The molecular weight excluding hydrogens is 411 g/mol. The summed E-state index contributed by atoms with van der Waals surface area (Å²) < 4.78 is 71.3. The number of nitrogens with zero attached hydrogens (tertiary/aromatic N) is 2. The number of benzene rings is 1. The lowest BCUT2D eigenvalue weighted by atomic mass is 9.94. The van der Waals surface area contributed by atoms with Gasteiger partial charge in [-0.05, 0) is 30.4 Å². The molecule has 1 aliphatic carbocycles. The minimum Gasteiger partial charge on any atom is -0.483 e. The molecular formula is C18H18F3N3O4S. The molecule has 1 aromatic rings. The fourth-order valence-electron chi connectivity index (χ4n) is 3.37. The molecule has 2 heterocycles. The monoisotopic (exact) mass is 429 g/mol. The highest BCUT2D eigenvalue weighted by Gasteiger charge is 2.49. The van der Waals surface area contributed by atoms with Gasteiger partial charge in [-0.3, -0.25) is 0 Å². The molecule has 29 heavy (non-hydrogen) atoms. The standard InChI is InChI=1S/C18H18F3N3O4S/c19-18(20,21)29(25,26)28-12-5-6-15-13(11-12)17(24-9-7-22-8-10-24)23-14-3-1-2-4-16(14)27-15/h1-6,11,13,15,22H,7-10H2. The smallest absolute Gasteiger partial charge is 0.483 e. The average molecular weight is 429 g/mol. The molecule has 2 unspecified atom stereocenters. The van der Waals surface area contributed by atoms with Crippen molar-refractivity contribution in [3.8, 4) is 5.75 Å². The number of nitrogens with one attached hydrogen (secondary N) is 1. The number of halogens is 3. The summed E-state index contributed by atoms with van der Waals surface area (Å²) in [5.41, 5.74) is -4.91.